The van der Waals surface area contributed by atoms with Gasteiger partial charge in [-0.2, -0.15) is 4.31 Å². The molecule has 1 aliphatic heterocycles. The van der Waals surface area contributed by atoms with Crippen molar-refractivity contribution in [1.29, 1.82) is 0 Å². The number of hydrogen-bond acceptors (Lipinski definition) is 3. The van der Waals surface area contributed by atoms with Gasteiger partial charge in [-0.3, -0.25) is 4.90 Å². The van der Waals surface area contributed by atoms with Crippen molar-refractivity contribution in [3.63, 3.8) is 0 Å². The van der Waals surface area contributed by atoms with Crippen LogP contribution in [0.5, 0.6) is 0 Å². The molecule has 1 aliphatic carbocycles. The summed E-state index contributed by atoms with van der Waals surface area (Å²) in [7, 11) is -3.56. The second-order valence-corrected chi connectivity index (χ2v) is 7.77. The third-order valence-electron chi connectivity index (χ3n) is 4.55. The van der Waals surface area contributed by atoms with Crippen LogP contribution in [0.3, 0.4) is 0 Å². The molecule has 0 radical (unpaired) electrons. The molecule has 0 aromatic heterocycles. The first kappa shape index (κ1) is 14.9. The molecule has 21 heavy (non-hydrogen) atoms. The highest BCUT2D eigenvalue weighted by Gasteiger charge is 2.31. The molecule has 1 aromatic carbocycles. The molecule has 116 valence electrons. The van der Waals surface area contributed by atoms with Crippen molar-refractivity contribution in [2.24, 2.45) is 0 Å². The number of halogens is 1. The maximum absolute atomic E-state index is 13.2. The van der Waals surface area contributed by atoms with E-state index in [9.17, 15) is 12.8 Å². The van der Waals surface area contributed by atoms with Crippen LogP contribution in [0.4, 0.5) is 4.39 Å². The second kappa shape index (κ2) is 6.02. The minimum atomic E-state index is -3.56. The fraction of sp³-hybridized carbons (Fsp3) is 0.600. The van der Waals surface area contributed by atoms with Gasteiger partial charge in [0.1, 0.15) is 5.82 Å². The number of rotatable bonds is 3. The zero-order chi connectivity index (χ0) is 14.9. The molecule has 1 aromatic rings. The van der Waals surface area contributed by atoms with Gasteiger partial charge >= 0.3 is 0 Å². The topological polar surface area (TPSA) is 40.6 Å². The Morgan fingerprint density at radius 2 is 1.71 bits per heavy atom. The van der Waals surface area contributed by atoms with Gasteiger partial charge in [0.15, 0.2) is 0 Å². The summed E-state index contributed by atoms with van der Waals surface area (Å²) in [6, 6.07) is 5.89. The lowest BCUT2D eigenvalue weighted by atomic mass is 10.2. The fourth-order valence-corrected chi connectivity index (χ4v) is 4.81. The molecule has 2 aliphatic rings. The molecule has 4 nitrogen and oxygen atoms in total. The molecule has 0 unspecified atom stereocenters. The van der Waals surface area contributed by atoms with Gasteiger partial charge in [0, 0.05) is 32.2 Å². The van der Waals surface area contributed by atoms with E-state index >= 15 is 0 Å². The van der Waals surface area contributed by atoms with Gasteiger partial charge in [0.2, 0.25) is 10.0 Å². The van der Waals surface area contributed by atoms with Gasteiger partial charge in [-0.15, -0.1) is 0 Å². The first-order valence-electron chi connectivity index (χ1n) is 7.57. The average Bonchev–Trinajstić information content (AvgIpc) is 3.02. The van der Waals surface area contributed by atoms with Crippen molar-refractivity contribution >= 4 is 10.0 Å². The smallest absolute Gasteiger partial charge is 0.243 e. The monoisotopic (exact) mass is 312 g/mol. The second-order valence-electron chi connectivity index (χ2n) is 5.84. The highest BCUT2D eigenvalue weighted by molar-refractivity contribution is 7.89. The van der Waals surface area contributed by atoms with Crippen LogP contribution < -0.4 is 0 Å². The van der Waals surface area contributed by atoms with E-state index in [1.807, 2.05) is 0 Å². The fourth-order valence-electron chi connectivity index (χ4n) is 3.36. The summed E-state index contributed by atoms with van der Waals surface area (Å²) in [5, 5.41) is 0. The molecular formula is C15H21FN2O2S. The average molecular weight is 312 g/mol. The van der Waals surface area contributed by atoms with Crippen molar-refractivity contribution in [3.05, 3.63) is 30.1 Å². The number of hydrogen-bond donors (Lipinski definition) is 0. The molecule has 6 heteroatoms. The van der Waals surface area contributed by atoms with Crippen LogP contribution in [0, 0.1) is 5.82 Å². The SMILES string of the molecule is O=S(=O)(c1cccc(F)c1)N1CCN(C2CCCC2)CC1. The maximum Gasteiger partial charge on any atom is 0.243 e. The first-order valence-corrected chi connectivity index (χ1v) is 9.01. The van der Waals surface area contributed by atoms with Crippen LogP contribution in [0.2, 0.25) is 0 Å². The number of nitrogens with zero attached hydrogens (tertiary/aromatic N) is 2. The largest absolute Gasteiger partial charge is 0.298 e. The minimum absolute atomic E-state index is 0.0526. The van der Waals surface area contributed by atoms with E-state index in [2.05, 4.69) is 4.90 Å². The number of benzene rings is 1. The van der Waals surface area contributed by atoms with Crippen molar-refractivity contribution in [3.8, 4) is 0 Å². The third-order valence-corrected chi connectivity index (χ3v) is 6.44. The lowest BCUT2D eigenvalue weighted by molar-refractivity contribution is 0.139. The normalized spacial score (nSPS) is 22.7. The van der Waals surface area contributed by atoms with Gasteiger partial charge in [0.05, 0.1) is 4.90 Å². The lowest BCUT2D eigenvalue weighted by Crippen LogP contribution is -2.51. The van der Waals surface area contributed by atoms with Crippen molar-refractivity contribution in [1.82, 2.24) is 9.21 Å². The van der Waals surface area contributed by atoms with Crippen molar-refractivity contribution in [2.45, 2.75) is 36.6 Å². The maximum atomic E-state index is 13.2. The Morgan fingerprint density at radius 1 is 1.05 bits per heavy atom. The molecule has 0 atom stereocenters. The Bertz CT molecular complexity index is 591. The highest BCUT2D eigenvalue weighted by Crippen LogP contribution is 2.25. The number of piperazine rings is 1. The quantitative estimate of drug-likeness (QED) is 0.858. The summed E-state index contributed by atoms with van der Waals surface area (Å²) in [6.07, 6.45) is 5.03. The first-order chi connectivity index (χ1) is 10.1. The van der Waals surface area contributed by atoms with Gasteiger partial charge in [-0.25, -0.2) is 12.8 Å². The Morgan fingerprint density at radius 3 is 2.33 bits per heavy atom. The van der Waals surface area contributed by atoms with E-state index in [0.29, 0.717) is 19.1 Å². The van der Waals surface area contributed by atoms with E-state index < -0.39 is 15.8 Å². The Balaban J connectivity index is 1.68. The highest BCUT2D eigenvalue weighted by atomic mass is 32.2. The van der Waals surface area contributed by atoms with Gasteiger partial charge < -0.3 is 0 Å². The Hall–Kier alpha value is -0.980. The van der Waals surface area contributed by atoms with Crippen LogP contribution in [-0.4, -0.2) is 49.8 Å². The van der Waals surface area contributed by atoms with E-state index in [0.717, 1.165) is 19.2 Å². The molecule has 2 fully saturated rings. The molecule has 0 amide bonds. The van der Waals surface area contributed by atoms with Crippen LogP contribution in [0.1, 0.15) is 25.7 Å². The Labute approximate surface area is 125 Å². The molecule has 0 spiro atoms. The molecule has 0 bridgehead atoms. The summed E-state index contributed by atoms with van der Waals surface area (Å²) in [5.41, 5.74) is 0. The summed E-state index contributed by atoms with van der Waals surface area (Å²) >= 11 is 0. The molecule has 1 saturated carbocycles. The zero-order valence-electron chi connectivity index (χ0n) is 12.0. The van der Waals surface area contributed by atoms with Gasteiger partial charge in [0.25, 0.3) is 0 Å². The van der Waals surface area contributed by atoms with Gasteiger partial charge in [-0.05, 0) is 31.0 Å². The minimum Gasteiger partial charge on any atom is -0.298 e. The standard InChI is InChI=1S/C15H21FN2O2S/c16-13-4-3-7-15(12-13)21(19,20)18-10-8-17(9-11-18)14-5-1-2-6-14/h3-4,7,12,14H,1-2,5-6,8-11H2. The molecule has 1 saturated heterocycles. The van der Waals surface area contributed by atoms with E-state index in [1.54, 1.807) is 0 Å². The van der Waals surface area contributed by atoms with Crippen LogP contribution in [0.25, 0.3) is 0 Å². The Kier molecular flexibility index (Phi) is 4.28. The van der Waals surface area contributed by atoms with Crippen molar-refractivity contribution in [2.75, 3.05) is 26.2 Å². The van der Waals surface area contributed by atoms with E-state index in [-0.39, 0.29) is 4.90 Å². The third kappa shape index (κ3) is 3.12. The lowest BCUT2D eigenvalue weighted by Gasteiger charge is -2.37. The van der Waals surface area contributed by atoms with Crippen molar-refractivity contribution < 1.29 is 12.8 Å². The summed E-state index contributed by atoms with van der Waals surface area (Å²) in [5.74, 6) is -0.513. The molecular weight excluding hydrogens is 291 g/mol. The van der Waals surface area contributed by atoms with Crippen LogP contribution in [0.15, 0.2) is 29.2 Å². The predicted molar refractivity (Wildman–Crippen MR) is 79.0 cm³/mol. The number of sulfonamides is 1. The van der Waals surface area contributed by atoms with Gasteiger partial charge in [-0.1, -0.05) is 18.9 Å². The summed E-state index contributed by atoms with van der Waals surface area (Å²) < 4.78 is 39.7. The van der Waals surface area contributed by atoms with Crippen LogP contribution >= 0.6 is 0 Å². The summed E-state index contributed by atoms with van der Waals surface area (Å²) in [4.78, 5) is 2.46. The van der Waals surface area contributed by atoms with Crippen LogP contribution in [-0.2, 0) is 10.0 Å². The summed E-state index contributed by atoms with van der Waals surface area (Å²) in [6.45, 7) is 2.54. The van der Waals surface area contributed by atoms with E-state index in [4.69, 9.17) is 0 Å². The zero-order valence-corrected chi connectivity index (χ0v) is 12.9. The molecule has 0 N–H and O–H groups in total. The predicted octanol–water partition coefficient (Wildman–Crippen LogP) is 2.07. The molecule has 3 rings (SSSR count). The molecule has 1 heterocycles. The van der Waals surface area contributed by atoms with E-state index in [1.165, 1.54) is 48.2 Å².